The zero-order valence-corrected chi connectivity index (χ0v) is 16.8. The molecular weight excluding hydrogens is 398 g/mol. The average molecular weight is 415 g/mol. The average Bonchev–Trinajstić information content (AvgIpc) is 3.01. The number of hydrogen-bond donors (Lipinski definition) is 1. The van der Waals surface area contributed by atoms with Crippen LogP contribution in [0.3, 0.4) is 0 Å². The third-order valence-corrected chi connectivity index (χ3v) is 4.90. The van der Waals surface area contributed by atoms with Gasteiger partial charge in [0.1, 0.15) is 10.1 Å². The number of thiocarbonyl (C=S) groups is 1. The molecular formula is C20H17NO5S2. The lowest BCUT2D eigenvalue weighted by atomic mass is 10.1. The zero-order valence-electron chi connectivity index (χ0n) is 15.2. The van der Waals surface area contributed by atoms with Crippen LogP contribution in [0.25, 0.3) is 6.08 Å². The molecule has 0 radical (unpaired) electrons. The fourth-order valence-electron chi connectivity index (χ4n) is 2.43. The van der Waals surface area contributed by atoms with Gasteiger partial charge >= 0.3 is 5.97 Å². The Bertz CT molecular complexity index is 954. The summed E-state index contributed by atoms with van der Waals surface area (Å²) in [5.74, 6) is 0.611. The molecule has 0 aliphatic carbocycles. The number of benzene rings is 2. The van der Waals surface area contributed by atoms with Crippen molar-refractivity contribution in [2.45, 2.75) is 6.92 Å². The summed E-state index contributed by atoms with van der Waals surface area (Å²) in [6.07, 6.45) is 1.71. The van der Waals surface area contributed by atoms with Gasteiger partial charge in [0.2, 0.25) is 0 Å². The first-order valence-electron chi connectivity index (χ1n) is 8.38. The van der Waals surface area contributed by atoms with Crippen LogP contribution in [0.4, 0.5) is 0 Å². The van der Waals surface area contributed by atoms with Crippen LogP contribution in [0.1, 0.15) is 22.8 Å². The first-order chi connectivity index (χ1) is 13.5. The summed E-state index contributed by atoms with van der Waals surface area (Å²) in [6.45, 7) is 2.23. The van der Waals surface area contributed by atoms with E-state index in [1.807, 2.05) is 6.92 Å². The highest BCUT2D eigenvalue weighted by molar-refractivity contribution is 8.26. The van der Waals surface area contributed by atoms with E-state index in [4.69, 9.17) is 26.4 Å². The fraction of sp³-hybridized carbons (Fsp3) is 0.150. The number of methoxy groups -OCH3 is 1. The van der Waals surface area contributed by atoms with Gasteiger partial charge in [-0.25, -0.2) is 4.79 Å². The summed E-state index contributed by atoms with van der Waals surface area (Å²) in [5.41, 5.74) is 1.12. The van der Waals surface area contributed by atoms with Gasteiger partial charge in [-0.2, -0.15) is 0 Å². The van der Waals surface area contributed by atoms with E-state index in [1.165, 1.54) is 11.8 Å². The number of amides is 1. The Morgan fingerprint density at radius 1 is 1.18 bits per heavy atom. The van der Waals surface area contributed by atoms with E-state index in [0.717, 1.165) is 5.56 Å². The Labute approximate surface area is 171 Å². The SMILES string of the molecule is CCOc1cc(/C=C2\SC(=S)NC2=O)ccc1OC(=O)c1ccc(OC)cc1. The standard InChI is InChI=1S/C20H17NO5S2/c1-3-25-16-10-12(11-17-18(22)21-20(27)28-17)4-9-15(16)26-19(23)13-5-7-14(24-2)8-6-13/h4-11H,3H2,1-2H3,(H,21,22,27)/b17-11-. The van der Waals surface area contributed by atoms with Gasteiger partial charge in [-0.15, -0.1) is 0 Å². The monoisotopic (exact) mass is 415 g/mol. The van der Waals surface area contributed by atoms with Crippen LogP contribution in [-0.2, 0) is 4.79 Å². The molecule has 144 valence electrons. The predicted octanol–water partition coefficient (Wildman–Crippen LogP) is 3.80. The molecule has 1 saturated heterocycles. The van der Waals surface area contributed by atoms with Gasteiger partial charge in [0.15, 0.2) is 11.5 Å². The van der Waals surface area contributed by atoms with Crippen LogP contribution in [0.2, 0.25) is 0 Å². The summed E-state index contributed by atoms with van der Waals surface area (Å²) in [5, 5.41) is 2.57. The highest BCUT2D eigenvalue weighted by Crippen LogP contribution is 2.32. The van der Waals surface area contributed by atoms with Gasteiger partial charge in [0.25, 0.3) is 5.91 Å². The fourth-order valence-corrected chi connectivity index (χ4v) is 3.47. The molecule has 1 aliphatic rings. The molecule has 0 spiro atoms. The van der Waals surface area contributed by atoms with Crippen molar-refractivity contribution in [1.29, 1.82) is 0 Å². The van der Waals surface area contributed by atoms with E-state index in [1.54, 1.807) is 55.7 Å². The van der Waals surface area contributed by atoms with Crippen LogP contribution in [0.5, 0.6) is 17.2 Å². The number of rotatable bonds is 6. The Balaban J connectivity index is 1.82. The minimum atomic E-state index is -0.509. The summed E-state index contributed by atoms with van der Waals surface area (Å²) >= 11 is 6.19. The maximum Gasteiger partial charge on any atom is 0.343 e. The molecule has 8 heteroatoms. The van der Waals surface area contributed by atoms with Crippen LogP contribution in [0, 0.1) is 0 Å². The molecule has 3 rings (SSSR count). The van der Waals surface area contributed by atoms with Crippen molar-refractivity contribution in [3.05, 3.63) is 58.5 Å². The number of carbonyl (C=O) groups excluding carboxylic acids is 2. The molecule has 1 heterocycles. The molecule has 1 fully saturated rings. The van der Waals surface area contributed by atoms with Crippen molar-refractivity contribution >= 4 is 46.3 Å². The normalized spacial score (nSPS) is 14.7. The second-order valence-corrected chi connectivity index (χ2v) is 7.33. The van der Waals surface area contributed by atoms with E-state index in [0.29, 0.717) is 38.6 Å². The molecule has 6 nitrogen and oxygen atoms in total. The number of esters is 1. The largest absolute Gasteiger partial charge is 0.497 e. The third kappa shape index (κ3) is 4.71. The summed E-state index contributed by atoms with van der Waals surface area (Å²) in [7, 11) is 1.56. The maximum absolute atomic E-state index is 12.4. The lowest BCUT2D eigenvalue weighted by molar-refractivity contribution is -0.115. The van der Waals surface area contributed by atoms with Crippen molar-refractivity contribution < 1.29 is 23.8 Å². The highest BCUT2D eigenvalue weighted by Gasteiger charge is 2.22. The number of carbonyl (C=O) groups is 2. The molecule has 1 aliphatic heterocycles. The summed E-state index contributed by atoms with van der Waals surface area (Å²) in [6, 6.07) is 11.7. The van der Waals surface area contributed by atoms with E-state index in [9.17, 15) is 9.59 Å². The van der Waals surface area contributed by atoms with Gasteiger partial charge in [-0.3, -0.25) is 4.79 Å². The second-order valence-electron chi connectivity index (χ2n) is 5.61. The molecule has 0 bridgehead atoms. The molecule has 28 heavy (non-hydrogen) atoms. The van der Waals surface area contributed by atoms with Crippen molar-refractivity contribution in [3.8, 4) is 17.2 Å². The summed E-state index contributed by atoms with van der Waals surface area (Å²) < 4.78 is 16.6. The minimum Gasteiger partial charge on any atom is -0.497 e. The van der Waals surface area contributed by atoms with Gasteiger partial charge in [-0.1, -0.05) is 30.0 Å². The Kier molecular flexibility index (Phi) is 6.33. The number of thioether (sulfide) groups is 1. The molecule has 1 N–H and O–H groups in total. The molecule has 2 aromatic rings. The molecule has 1 amide bonds. The van der Waals surface area contributed by atoms with Crippen molar-refractivity contribution in [2.75, 3.05) is 13.7 Å². The van der Waals surface area contributed by atoms with E-state index >= 15 is 0 Å². The third-order valence-electron chi connectivity index (χ3n) is 3.74. The van der Waals surface area contributed by atoms with E-state index in [-0.39, 0.29) is 5.91 Å². The van der Waals surface area contributed by atoms with Crippen LogP contribution >= 0.6 is 24.0 Å². The summed E-state index contributed by atoms with van der Waals surface area (Å²) in [4.78, 5) is 24.7. The van der Waals surface area contributed by atoms with Crippen molar-refractivity contribution in [3.63, 3.8) is 0 Å². The highest BCUT2D eigenvalue weighted by atomic mass is 32.2. The first-order valence-corrected chi connectivity index (χ1v) is 9.60. The molecule has 0 unspecified atom stereocenters. The topological polar surface area (TPSA) is 73.9 Å². The van der Waals surface area contributed by atoms with Gasteiger partial charge in [0.05, 0.1) is 24.2 Å². The Hall–Kier alpha value is -2.84. The lowest BCUT2D eigenvalue weighted by Crippen LogP contribution is -2.17. The minimum absolute atomic E-state index is 0.233. The van der Waals surface area contributed by atoms with Gasteiger partial charge in [-0.05, 0) is 55.0 Å². The van der Waals surface area contributed by atoms with E-state index in [2.05, 4.69) is 5.32 Å². The molecule has 0 saturated carbocycles. The van der Waals surface area contributed by atoms with Gasteiger partial charge < -0.3 is 19.5 Å². The second kappa shape index (κ2) is 8.90. The maximum atomic E-state index is 12.4. The molecule has 2 aromatic carbocycles. The number of ether oxygens (including phenoxy) is 3. The Morgan fingerprint density at radius 3 is 2.54 bits per heavy atom. The lowest BCUT2D eigenvalue weighted by Gasteiger charge is -2.12. The smallest absolute Gasteiger partial charge is 0.343 e. The van der Waals surface area contributed by atoms with Crippen molar-refractivity contribution in [2.24, 2.45) is 0 Å². The molecule has 0 atom stereocenters. The van der Waals surface area contributed by atoms with Gasteiger partial charge in [0, 0.05) is 0 Å². The predicted molar refractivity (Wildman–Crippen MR) is 112 cm³/mol. The van der Waals surface area contributed by atoms with Crippen LogP contribution in [-0.4, -0.2) is 29.9 Å². The zero-order chi connectivity index (χ0) is 20.1. The van der Waals surface area contributed by atoms with Crippen LogP contribution in [0.15, 0.2) is 47.4 Å². The Morgan fingerprint density at radius 2 is 1.93 bits per heavy atom. The van der Waals surface area contributed by atoms with Crippen LogP contribution < -0.4 is 19.5 Å². The van der Waals surface area contributed by atoms with Crippen molar-refractivity contribution in [1.82, 2.24) is 5.32 Å². The quantitative estimate of drug-likeness (QED) is 0.333. The molecule has 0 aromatic heterocycles. The number of nitrogens with one attached hydrogen (secondary N) is 1. The first kappa shape index (κ1) is 19.9. The number of hydrogen-bond acceptors (Lipinski definition) is 7. The van der Waals surface area contributed by atoms with E-state index < -0.39 is 5.97 Å².